The molecule has 1 N–H and O–H groups in total. The van der Waals surface area contributed by atoms with Crippen LogP contribution in [0.25, 0.3) is 10.8 Å². The molecule has 1 unspecified atom stereocenters. The molecule has 0 spiro atoms. The predicted octanol–water partition coefficient (Wildman–Crippen LogP) is 2.51. The van der Waals surface area contributed by atoms with Gasteiger partial charge in [-0.1, -0.05) is 19.1 Å². The maximum atomic E-state index is 10.9. The van der Waals surface area contributed by atoms with Gasteiger partial charge in [-0.05, 0) is 29.5 Å². The zero-order valence-corrected chi connectivity index (χ0v) is 10.4. The summed E-state index contributed by atoms with van der Waals surface area (Å²) in [5.74, 6) is -0.615. The molecular weight excluding hydrogens is 230 g/mol. The predicted molar refractivity (Wildman–Crippen MR) is 68.8 cm³/mol. The summed E-state index contributed by atoms with van der Waals surface area (Å²) in [6.07, 6.45) is 2.20. The Morgan fingerprint density at radius 1 is 1.44 bits per heavy atom. The van der Waals surface area contributed by atoms with Gasteiger partial charge in [0.05, 0.1) is 13.0 Å². The second kappa shape index (κ2) is 5.04. The molecule has 18 heavy (non-hydrogen) atoms. The van der Waals surface area contributed by atoms with Crippen molar-refractivity contribution in [3.8, 4) is 5.88 Å². The molecule has 1 atom stereocenters. The number of carbonyl (C=O) groups is 1. The highest BCUT2D eigenvalue weighted by atomic mass is 16.5. The van der Waals surface area contributed by atoms with E-state index >= 15 is 0 Å². The Kier molecular flexibility index (Phi) is 3.46. The summed E-state index contributed by atoms with van der Waals surface area (Å²) in [5.41, 5.74) is 0.976. The minimum Gasteiger partial charge on any atom is -0.481 e. The highest BCUT2D eigenvalue weighted by molar-refractivity contribution is 5.87. The van der Waals surface area contributed by atoms with E-state index in [4.69, 9.17) is 9.84 Å². The maximum absolute atomic E-state index is 10.9. The van der Waals surface area contributed by atoms with E-state index in [0.29, 0.717) is 12.3 Å². The van der Waals surface area contributed by atoms with Crippen molar-refractivity contribution < 1.29 is 14.6 Å². The van der Waals surface area contributed by atoms with Crippen LogP contribution in [0.2, 0.25) is 0 Å². The van der Waals surface area contributed by atoms with E-state index in [9.17, 15) is 4.79 Å². The van der Waals surface area contributed by atoms with Gasteiger partial charge in [0.2, 0.25) is 5.88 Å². The molecule has 0 saturated heterocycles. The molecule has 0 aliphatic heterocycles. The Hall–Kier alpha value is -2.10. The lowest BCUT2D eigenvalue weighted by Gasteiger charge is -2.09. The van der Waals surface area contributed by atoms with Crippen LogP contribution < -0.4 is 4.74 Å². The number of hydrogen-bond donors (Lipinski definition) is 1. The van der Waals surface area contributed by atoms with Crippen molar-refractivity contribution in [2.45, 2.75) is 13.3 Å². The highest BCUT2D eigenvalue weighted by Crippen LogP contribution is 2.24. The van der Waals surface area contributed by atoms with Crippen LogP contribution >= 0.6 is 0 Å². The van der Waals surface area contributed by atoms with Crippen molar-refractivity contribution in [2.24, 2.45) is 5.92 Å². The van der Waals surface area contributed by atoms with Crippen LogP contribution in [0.3, 0.4) is 0 Å². The third-order valence-electron chi connectivity index (χ3n) is 2.95. The van der Waals surface area contributed by atoms with Gasteiger partial charge in [0, 0.05) is 11.6 Å². The number of ether oxygens (including phenoxy) is 1. The van der Waals surface area contributed by atoms with Gasteiger partial charge in [-0.2, -0.15) is 0 Å². The summed E-state index contributed by atoms with van der Waals surface area (Å²) in [5, 5.41) is 10.9. The Balaban J connectivity index is 2.40. The van der Waals surface area contributed by atoms with Crippen molar-refractivity contribution in [1.82, 2.24) is 4.98 Å². The molecule has 0 aliphatic carbocycles. The standard InChI is InChI=1S/C14H15NO3/c1-9(14(16)17)7-10-3-4-11-5-6-15-13(18-2)12(11)8-10/h3-6,8-9H,7H2,1-2H3,(H,16,17). The Morgan fingerprint density at radius 3 is 2.89 bits per heavy atom. The summed E-state index contributed by atoms with van der Waals surface area (Å²) in [7, 11) is 1.58. The number of carboxylic acid groups (broad SMARTS) is 1. The number of rotatable bonds is 4. The fourth-order valence-corrected chi connectivity index (χ4v) is 1.92. The van der Waals surface area contributed by atoms with Gasteiger partial charge in [0.25, 0.3) is 0 Å². The minimum absolute atomic E-state index is 0.398. The van der Waals surface area contributed by atoms with Crippen molar-refractivity contribution in [3.05, 3.63) is 36.0 Å². The van der Waals surface area contributed by atoms with Crippen LogP contribution in [-0.2, 0) is 11.2 Å². The zero-order chi connectivity index (χ0) is 13.1. The van der Waals surface area contributed by atoms with E-state index in [0.717, 1.165) is 16.3 Å². The van der Waals surface area contributed by atoms with Crippen LogP contribution in [0.15, 0.2) is 30.5 Å². The fraction of sp³-hybridized carbons (Fsp3) is 0.286. The topological polar surface area (TPSA) is 59.4 Å². The first-order valence-corrected chi connectivity index (χ1v) is 5.76. The molecule has 0 radical (unpaired) electrons. The number of carboxylic acids is 1. The third kappa shape index (κ3) is 2.42. The fourth-order valence-electron chi connectivity index (χ4n) is 1.92. The smallest absolute Gasteiger partial charge is 0.306 e. The Bertz CT molecular complexity index is 580. The van der Waals surface area contributed by atoms with E-state index < -0.39 is 11.9 Å². The molecule has 0 fully saturated rings. The molecule has 1 heterocycles. The van der Waals surface area contributed by atoms with Crippen molar-refractivity contribution in [2.75, 3.05) is 7.11 Å². The van der Waals surface area contributed by atoms with E-state index in [2.05, 4.69) is 4.98 Å². The summed E-state index contributed by atoms with van der Waals surface area (Å²) in [4.78, 5) is 15.0. The molecule has 1 aromatic carbocycles. The summed E-state index contributed by atoms with van der Waals surface area (Å²) in [6.45, 7) is 1.70. The number of nitrogens with zero attached hydrogens (tertiary/aromatic N) is 1. The molecule has 4 nitrogen and oxygen atoms in total. The summed E-state index contributed by atoms with van der Waals surface area (Å²) < 4.78 is 5.21. The first-order chi connectivity index (χ1) is 8.61. The number of benzene rings is 1. The number of aromatic nitrogens is 1. The van der Waals surface area contributed by atoms with Gasteiger partial charge in [-0.25, -0.2) is 4.98 Å². The monoisotopic (exact) mass is 245 g/mol. The lowest BCUT2D eigenvalue weighted by atomic mass is 9.99. The molecule has 0 saturated carbocycles. The van der Waals surface area contributed by atoms with Crippen LogP contribution in [0.4, 0.5) is 0 Å². The van der Waals surface area contributed by atoms with Crippen LogP contribution in [0, 0.1) is 5.92 Å². The van der Waals surface area contributed by atoms with Gasteiger partial charge in [0.1, 0.15) is 0 Å². The largest absolute Gasteiger partial charge is 0.481 e. The van der Waals surface area contributed by atoms with E-state index in [1.165, 1.54) is 0 Å². The SMILES string of the molecule is COc1nccc2ccc(CC(C)C(=O)O)cc12. The minimum atomic E-state index is -0.784. The van der Waals surface area contributed by atoms with Gasteiger partial charge in [-0.3, -0.25) is 4.79 Å². The first kappa shape index (κ1) is 12.4. The zero-order valence-electron chi connectivity index (χ0n) is 10.4. The van der Waals surface area contributed by atoms with E-state index in [1.54, 1.807) is 20.2 Å². The van der Waals surface area contributed by atoms with Gasteiger partial charge in [0.15, 0.2) is 0 Å². The molecule has 1 aromatic heterocycles. The number of aliphatic carboxylic acids is 1. The van der Waals surface area contributed by atoms with Crippen LogP contribution in [0.1, 0.15) is 12.5 Å². The molecule has 2 aromatic rings. The van der Waals surface area contributed by atoms with Crippen LogP contribution in [-0.4, -0.2) is 23.2 Å². The normalized spacial score (nSPS) is 12.3. The van der Waals surface area contributed by atoms with Gasteiger partial charge < -0.3 is 9.84 Å². The van der Waals surface area contributed by atoms with Crippen molar-refractivity contribution >= 4 is 16.7 Å². The molecule has 0 aliphatic rings. The third-order valence-corrected chi connectivity index (χ3v) is 2.95. The maximum Gasteiger partial charge on any atom is 0.306 e. The summed E-state index contributed by atoms with van der Waals surface area (Å²) >= 11 is 0. The van der Waals surface area contributed by atoms with E-state index in [1.807, 2.05) is 24.3 Å². The molecule has 0 amide bonds. The Morgan fingerprint density at radius 2 is 2.22 bits per heavy atom. The number of pyridine rings is 1. The number of fused-ring (bicyclic) bond motifs is 1. The van der Waals surface area contributed by atoms with Crippen molar-refractivity contribution in [3.63, 3.8) is 0 Å². The van der Waals surface area contributed by atoms with Crippen molar-refractivity contribution in [1.29, 1.82) is 0 Å². The van der Waals surface area contributed by atoms with Gasteiger partial charge >= 0.3 is 5.97 Å². The van der Waals surface area contributed by atoms with Crippen LogP contribution in [0.5, 0.6) is 5.88 Å². The van der Waals surface area contributed by atoms with Gasteiger partial charge in [-0.15, -0.1) is 0 Å². The summed E-state index contributed by atoms with van der Waals surface area (Å²) in [6, 6.07) is 7.76. The molecule has 2 rings (SSSR count). The molecular formula is C14H15NO3. The molecule has 0 bridgehead atoms. The first-order valence-electron chi connectivity index (χ1n) is 5.76. The second-order valence-corrected chi connectivity index (χ2v) is 4.32. The molecule has 4 heteroatoms. The number of methoxy groups -OCH3 is 1. The lowest BCUT2D eigenvalue weighted by molar-refractivity contribution is -0.141. The molecule has 94 valence electrons. The average molecular weight is 245 g/mol. The lowest BCUT2D eigenvalue weighted by Crippen LogP contribution is -2.12. The average Bonchev–Trinajstić information content (AvgIpc) is 2.37. The van der Waals surface area contributed by atoms with E-state index in [-0.39, 0.29) is 0 Å². The number of hydrogen-bond acceptors (Lipinski definition) is 3. The Labute approximate surface area is 105 Å². The highest BCUT2D eigenvalue weighted by Gasteiger charge is 2.12. The quantitative estimate of drug-likeness (QED) is 0.899. The second-order valence-electron chi connectivity index (χ2n) is 4.32.